The van der Waals surface area contributed by atoms with Gasteiger partial charge in [-0.2, -0.15) is 0 Å². The summed E-state index contributed by atoms with van der Waals surface area (Å²) in [6.07, 6.45) is -1.03. The molecule has 0 aliphatic rings. The fourth-order valence-corrected chi connectivity index (χ4v) is 2.18. The predicted molar refractivity (Wildman–Crippen MR) is 84.4 cm³/mol. The van der Waals surface area contributed by atoms with Crippen molar-refractivity contribution in [2.75, 3.05) is 0 Å². The number of rotatable bonds is 6. The number of hydrogen-bond donors (Lipinski definition) is 2. The number of aliphatic hydroxyl groups is 1. The zero-order valence-corrected chi connectivity index (χ0v) is 12.4. The highest BCUT2D eigenvalue weighted by atomic mass is 16.3. The number of ketones is 1. The molecule has 0 spiro atoms. The maximum absolute atomic E-state index is 12.1. The molecule has 0 heterocycles. The van der Waals surface area contributed by atoms with Gasteiger partial charge >= 0.3 is 0 Å². The van der Waals surface area contributed by atoms with Gasteiger partial charge in [0.25, 0.3) is 5.91 Å². The van der Waals surface area contributed by atoms with Crippen molar-refractivity contribution in [1.29, 1.82) is 0 Å². The van der Waals surface area contributed by atoms with Crippen molar-refractivity contribution < 1.29 is 14.7 Å². The lowest BCUT2D eigenvalue weighted by atomic mass is 10.0. The Morgan fingerprint density at radius 1 is 1.00 bits per heavy atom. The van der Waals surface area contributed by atoms with Gasteiger partial charge in [-0.05, 0) is 12.5 Å². The summed E-state index contributed by atoms with van der Waals surface area (Å²) in [6.45, 7) is 1.75. The Balaban J connectivity index is 1.90. The van der Waals surface area contributed by atoms with E-state index in [1.807, 2.05) is 12.1 Å². The van der Waals surface area contributed by atoms with Crippen molar-refractivity contribution in [3.8, 4) is 0 Å². The highest BCUT2D eigenvalue weighted by Gasteiger charge is 2.20. The average molecular weight is 297 g/mol. The van der Waals surface area contributed by atoms with Crippen LogP contribution in [0.2, 0.25) is 0 Å². The molecular weight excluding hydrogens is 278 g/mol. The van der Waals surface area contributed by atoms with Gasteiger partial charge in [0, 0.05) is 18.0 Å². The smallest absolute Gasteiger partial charge is 0.253 e. The lowest BCUT2D eigenvalue weighted by molar-refractivity contribution is -0.130. The fraction of sp³-hybridized carbons (Fsp3) is 0.222. The summed E-state index contributed by atoms with van der Waals surface area (Å²) >= 11 is 0. The molecule has 0 saturated carbocycles. The first-order chi connectivity index (χ1) is 10.6. The van der Waals surface area contributed by atoms with Gasteiger partial charge in [-0.1, -0.05) is 60.7 Å². The number of aliphatic hydroxyl groups excluding tert-OH is 1. The van der Waals surface area contributed by atoms with Crippen LogP contribution in [0.15, 0.2) is 60.7 Å². The van der Waals surface area contributed by atoms with Gasteiger partial charge < -0.3 is 10.4 Å². The van der Waals surface area contributed by atoms with E-state index in [1.54, 1.807) is 55.5 Å². The molecule has 1 amide bonds. The average Bonchev–Trinajstić information content (AvgIpc) is 2.55. The van der Waals surface area contributed by atoms with Crippen LogP contribution in [0.25, 0.3) is 0 Å². The fourth-order valence-electron chi connectivity index (χ4n) is 2.18. The molecule has 0 aliphatic heterocycles. The molecule has 2 aromatic carbocycles. The van der Waals surface area contributed by atoms with Gasteiger partial charge in [0.1, 0.15) is 0 Å². The first kappa shape index (κ1) is 15.9. The zero-order chi connectivity index (χ0) is 15.9. The number of Topliss-reactive ketones (excluding diaryl/α,β-unsaturated/α-hetero) is 1. The second kappa shape index (κ2) is 7.52. The molecule has 0 radical (unpaired) electrons. The molecule has 4 nitrogen and oxygen atoms in total. The van der Waals surface area contributed by atoms with Gasteiger partial charge in [-0.15, -0.1) is 0 Å². The molecule has 4 heteroatoms. The van der Waals surface area contributed by atoms with Crippen molar-refractivity contribution in [3.63, 3.8) is 0 Å². The summed E-state index contributed by atoms with van der Waals surface area (Å²) in [5, 5.41) is 12.7. The highest BCUT2D eigenvalue weighted by molar-refractivity contribution is 5.96. The Hall–Kier alpha value is -2.46. The summed E-state index contributed by atoms with van der Waals surface area (Å²) in [4.78, 5) is 24.1. The number of amides is 1. The molecule has 22 heavy (non-hydrogen) atoms. The summed E-state index contributed by atoms with van der Waals surface area (Å²) in [7, 11) is 0. The van der Waals surface area contributed by atoms with Crippen LogP contribution >= 0.6 is 0 Å². The second-order valence-electron chi connectivity index (χ2n) is 5.22. The van der Waals surface area contributed by atoms with Crippen LogP contribution in [-0.2, 0) is 4.79 Å². The van der Waals surface area contributed by atoms with E-state index in [1.165, 1.54) is 0 Å². The van der Waals surface area contributed by atoms with Crippen molar-refractivity contribution in [1.82, 2.24) is 5.32 Å². The van der Waals surface area contributed by atoms with E-state index in [2.05, 4.69) is 5.32 Å². The lowest BCUT2D eigenvalue weighted by Gasteiger charge is -2.16. The SMILES string of the molecule is CC(CC(=O)c1ccccc1)NC(=O)C(O)c1ccccc1. The van der Waals surface area contributed by atoms with Crippen LogP contribution in [0, 0.1) is 0 Å². The third kappa shape index (κ3) is 4.27. The van der Waals surface area contributed by atoms with Crippen LogP contribution < -0.4 is 5.32 Å². The summed E-state index contributed by atoms with van der Waals surface area (Å²) < 4.78 is 0. The maximum atomic E-state index is 12.1. The van der Waals surface area contributed by atoms with Crippen molar-refractivity contribution in [2.45, 2.75) is 25.5 Å². The summed E-state index contributed by atoms with van der Waals surface area (Å²) in [5.74, 6) is -0.540. The zero-order valence-electron chi connectivity index (χ0n) is 12.4. The molecule has 0 fully saturated rings. The van der Waals surface area contributed by atoms with Crippen LogP contribution in [0.4, 0.5) is 0 Å². The minimum Gasteiger partial charge on any atom is -0.378 e. The topological polar surface area (TPSA) is 66.4 Å². The van der Waals surface area contributed by atoms with E-state index in [0.717, 1.165) is 0 Å². The summed E-state index contributed by atoms with van der Waals surface area (Å²) in [5.41, 5.74) is 1.15. The predicted octanol–water partition coefficient (Wildman–Crippen LogP) is 2.50. The Morgan fingerprint density at radius 2 is 1.55 bits per heavy atom. The maximum Gasteiger partial charge on any atom is 0.253 e. The van der Waals surface area contributed by atoms with E-state index in [-0.39, 0.29) is 18.2 Å². The quantitative estimate of drug-likeness (QED) is 0.805. The Bertz CT molecular complexity index is 625. The van der Waals surface area contributed by atoms with Crippen LogP contribution in [0.5, 0.6) is 0 Å². The number of nitrogens with one attached hydrogen (secondary N) is 1. The van der Waals surface area contributed by atoms with Gasteiger partial charge in [0.15, 0.2) is 11.9 Å². The third-order valence-electron chi connectivity index (χ3n) is 3.34. The minimum absolute atomic E-state index is 0.0393. The molecule has 0 aromatic heterocycles. The van der Waals surface area contributed by atoms with E-state index in [0.29, 0.717) is 11.1 Å². The number of carbonyl (C=O) groups is 2. The molecule has 0 saturated heterocycles. The van der Waals surface area contributed by atoms with Gasteiger partial charge in [0.2, 0.25) is 0 Å². The molecule has 0 bridgehead atoms. The number of carbonyl (C=O) groups excluding carboxylic acids is 2. The van der Waals surface area contributed by atoms with E-state index >= 15 is 0 Å². The molecule has 114 valence electrons. The van der Waals surface area contributed by atoms with E-state index < -0.39 is 12.0 Å². The number of hydrogen-bond acceptors (Lipinski definition) is 3. The normalized spacial score (nSPS) is 13.2. The summed E-state index contributed by atoms with van der Waals surface area (Å²) in [6, 6.07) is 17.3. The second-order valence-corrected chi connectivity index (χ2v) is 5.22. The van der Waals surface area contributed by atoms with Gasteiger partial charge in [-0.25, -0.2) is 0 Å². The molecule has 2 N–H and O–H groups in total. The van der Waals surface area contributed by atoms with E-state index in [4.69, 9.17) is 0 Å². The molecular formula is C18H19NO3. The standard InChI is InChI=1S/C18H19NO3/c1-13(12-16(20)14-8-4-2-5-9-14)19-18(22)17(21)15-10-6-3-7-11-15/h2-11,13,17,21H,12H2,1H3,(H,19,22). The van der Waals surface area contributed by atoms with Crippen LogP contribution in [-0.4, -0.2) is 22.8 Å². The highest BCUT2D eigenvalue weighted by Crippen LogP contribution is 2.13. The Morgan fingerprint density at radius 3 is 2.14 bits per heavy atom. The van der Waals surface area contributed by atoms with Gasteiger partial charge in [0.05, 0.1) is 0 Å². The van der Waals surface area contributed by atoms with Crippen molar-refractivity contribution in [2.24, 2.45) is 0 Å². The van der Waals surface area contributed by atoms with Crippen LogP contribution in [0.1, 0.15) is 35.4 Å². The van der Waals surface area contributed by atoms with Crippen molar-refractivity contribution >= 4 is 11.7 Å². The monoisotopic (exact) mass is 297 g/mol. The molecule has 2 unspecified atom stereocenters. The third-order valence-corrected chi connectivity index (χ3v) is 3.34. The van der Waals surface area contributed by atoms with E-state index in [9.17, 15) is 14.7 Å². The van der Waals surface area contributed by atoms with Crippen LogP contribution in [0.3, 0.4) is 0 Å². The Kier molecular flexibility index (Phi) is 5.44. The van der Waals surface area contributed by atoms with Gasteiger partial charge in [-0.3, -0.25) is 9.59 Å². The first-order valence-electron chi connectivity index (χ1n) is 7.19. The molecule has 0 aliphatic carbocycles. The molecule has 2 atom stereocenters. The Labute approximate surface area is 129 Å². The lowest BCUT2D eigenvalue weighted by Crippen LogP contribution is -2.37. The first-order valence-corrected chi connectivity index (χ1v) is 7.19. The minimum atomic E-state index is -1.23. The number of benzene rings is 2. The molecule has 2 rings (SSSR count). The largest absolute Gasteiger partial charge is 0.378 e. The van der Waals surface area contributed by atoms with Crippen molar-refractivity contribution in [3.05, 3.63) is 71.8 Å². The molecule has 2 aromatic rings.